The lowest BCUT2D eigenvalue weighted by molar-refractivity contribution is 0.102. The number of para-hydroxylation sites is 3. The number of nitrogens with zero attached hydrogens (tertiary/aromatic N) is 1. The second-order valence-corrected chi connectivity index (χ2v) is 5.37. The maximum Gasteiger partial charge on any atom is 0.259 e. The molecule has 0 saturated carbocycles. The van der Waals surface area contributed by atoms with Crippen molar-refractivity contribution in [2.24, 2.45) is 0 Å². The number of nitrogens with one attached hydrogen (secondary N) is 1. The lowest BCUT2D eigenvalue weighted by atomic mass is 10.1. The summed E-state index contributed by atoms with van der Waals surface area (Å²) in [4.78, 5) is 14.9. The van der Waals surface area contributed by atoms with Crippen molar-refractivity contribution in [2.75, 3.05) is 30.4 Å². The zero-order valence-corrected chi connectivity index (χ0v) is 12.7. The van der Waals surface area contributed by atoms with Gasteiger partial charge in [0.2, 0.25) is 0 Å². The first kappa shape index (κ1) is 14.4. The van der Waals surface area contributed by atoms with Crippen LogP contribution in [0.3, 0.4) is 0 Å². The maximum atomic E-state index is 12.6. The Balaban J connectivity index is 1.85. The fourth-order valence-electron chi connectivity index (χ4n) is 2.84. The van der Waals surface area contributed by atoms with E-state index in [9.17, 15) is 4.79 Å². The van der Waals surface area contributed by atoms with E-state index < -0.39 is 0 Å². The van der Waals surface area contributed by atoms with Crippen molar-refractivity contribution in [3.8, 4) is 5.75 Å². The third-order valence-corrected chi connectivity index (χ3v) is 3.95. The Morgan fingerprint density at radius 3 is 2.50 bits per heavy atom. The summed E-state index contributed by atoms with van der Waals surface area (Å²) in [6.45, 7) is 2.09. The Hall–Kier alpha value is -2.49. The Labute approximate surface area is 130 Å². The van der Waals surface area contributed by atoms with E-state index in [4.69, 9.17) is 4.74 Å². The number of hydrogen-bond donors (Lipinski definition) is 1. The van der Waals surface area contributed by atoms with Crippen molar-refractivity contribution in [3.05, 3.63) is 54.1 Å². The lowest BCUT2D eigenvalue weighted by Gasteiger charge is -2.21. The van der Waals surface area contributed by atoms with Crippen molar-refractivity contribution in [1.29, 1.82) is 0 Å². The molecule has 0 aromatic heterocycles. The summed E-state index contributed by atoms with van der Waals surface area (Å²) in [5, 5.41) is 3.02. The van der Waals surface area contributed by atoms with Gasteiger partial charge in [-0.25, -0.2) is 0 Å². The number of carbonyl (C=O) groups excluding carboxylic acids is 1. The van der Waals surface area contributed by atoms with Gasteiger partial charge < -0.3 is 15.0 Å². The molecule has 4 nitrogen and oxygen atoms in total. The van der Waals surface area contributed by atoms with E-state index in [0.717, 1.165) is 24.5 Å². The highest BCUT2D eigenvalue weighted by Gasteiger charge is 2.18. The van der Waals surface area contributed by atoms with Crippen LogP contribution in [0.25, 0.3) is 0 Å². The quantitative estimate of drug-likeness (QED) is 0.938. The van der Waals surface area contributed by atoms with E-state index in [1.807, 2.05) is 30.3 Å². The summed E-state index contributed by atoms with van der Waals surface area (Å²) >= 11 is 0. The van der Waals surface area contributed by atoms with Gasteiger partial charge in [-0.3, -0.25) is 4.79 Å². The molecule has 3 rings (SSSR count). The van der Waals surface area contributed by atoms with Crippen LogP contribution in [0.1, 0.15) is 23.2 Å². The van der Waals surface area contributed by atoms with E-state index in [1.165, 1.54) is 12.8 Å². The van der Waals surface area contributed by atoms with E-state index in [-0.39, 0.29) is 5.91 Å². The Bertz CT molecular complexity index is 664. The maximum absolute atomic E-state index is 12.6. The van der Waals surface area contributed by atoms with Crippen molar-refractivity contribution in [1.82, 2.24) is 0 Å². The van der Waals surface area contributed by atoms with Crippen LogP contribution in [-0.2, 0) is 0 Å². The summed E-state index contributed by atoms with van der Waals surface area (Å²) in [7, 11) is 1.57. The summed E-state index contributed by atoms with van der Waals surface area (Å²) in [6, 6.07) is 15.2. The molecule has 1 aliphatic heterocycles. The Morgan fingerprint density at radius 2 is 1.73 bits per heavy atom. The molecule has 1 heterocycles. The molecule has 1 amide bonds. The Morgan fingerprint density at radius 1 is 1.05 bits per heavy atom. The second kappa shape index (κ2) is 6.52. The molecule has 0 atom stereocenters. The zero-order chi connectivity index (χ0) is 15.4. The van der Waals surface area contributed by atoms with Gasteiger partial charge in [-0.1, -0.05) is 24.3 Å². The third-order valence-electron chi connectivity index (χ3n) is 3.95. The van der Waals surface area contributed by atoms with Gasteiger partial charge in [0.1, 0.15) is 5.75 Å². The molecule has 1 fully saturated rings. The minimum atomic E-state index is -0.149. The highest BCUT2D eigenvalue weighted by atomic mass is 16.5. The van der Waals surface area contributed by atoms with Crippen LogP contribution in [0.4, 0.5) is 11.4 Å². The molecule has 22 heavy (non-hydrogen) atoms. The smallest absolute Gasteiger partial charge is 0.259 e. The van der Waals surface area contributed by atoms with Crippen LogP contribution in [0.15, 0.2) is 48.5 Å². The van der Waals surface area contributed by atoms with E-state index in [0.29, 0.717) is 11.3 Å². The summed E-state index contributed by atoms with van der Waals surface area (Å²) in [5.74, 6) is 0.433. The van der Waals surface area contributed by atoms with Crippen LogP contribution in [0.2, 0.25) is 0 Å². The average Bonchev–Trinajstić information content (AvgIpc) is 3.09. The van der Waals surface area contributed by atoms with Gasteiger partial charge in [0.15, 0.2) is 0 Å². The molecular formula is C18H20N2O2. The molecule has 0 aliphatic carbocycles. The van der Waals surface area contributed by atoms with Gasteiger partial charge in [0, 0.05) is 13.1 Å². The van der Waals surface area contributed by atoms with E-state index >= 15 is 0 Å². The number of hydrogen-bond acceptors (Lipinski definition) is 3. The molecular weight excluding hydrogens is 276 g/mol. The van der Waals surface area contributed by atoms with Crippen LogP contribution in [0.5, 0.6) is 5.75 Å². The first-order valence-corrected chi connectivity index (χ1v) is 7.58. The number of anilines is 2. The number of ether oxygens (including phenoxy) is 1. The fourth-order valence-corrected chi connectivity index (χ4v) is 2.84. The second-order valence-electron chi connectivity index (χ2n) is 5.37. The normalized spacial score (nSPS) is 14.0. The minimum Gasteiger partial charge on any atom is -0.496 e. The first-order chi connectivity index (χ1) is 10.8. The highest BCUT2D eigenvalue weighted by Crippen LogP contribution is 2.29. The lowest BCUT2D eigenvalue weighted by Crippen LogP contribution is -2.21. The van der Waals surface area contributed by atoms with Crippen LogP contribution >= 0.6 is 0 Å². The van der Waals surface area contributed by atoms with E-state index in [1.54, 1.807) is 19.2 Å². The number of amides is 1. The highest BCUT2D eigenvalue weighted by molar-refractivity contribution is 6.07. The van der Waals surface area contributed by atoms with Crippen molar-refractivity contribution in [3.63, 3.8) is 0 Å². The van der Waals surface area contributed by atoms with Gasteiger partial charge in [0.05, 0.1) is 24.0 Å². The average molecular weight is 296 g/mol. The number of rotatable bonds is 4. The minimum absolute atomic E-state index is 0.149. The van der Waals surface area contributed by atoms with Crippen molar-refractivity contribution < 1.29 is 9.53 Å². The SMILES string of the molecule is COc1ccccc1C(=O)Nc1ccccc1N1CCCC1. The number of methoxy groups -OCH3 is 1. The summed E-state index contributed by atoms with van der Waals surface area (Å²) in [6.07, 6.45) is 2.41. The van der Waals surface area contributed by atoms with Crippen molar-refractivity contribution >= 4 is 17.3 Å². The summed E-state index contributed by atoms with van der Waals surface area (Å²) in [5.41, 5.74) is 2.48. The van der Waals surface area contributed by atoms with Gasteiger partial charge in [-0.2, -0.15) is 0 Å². The predicted molar refractivity (Wildman–Crippen MR) is 88.8 cm³/mol. The molecule has 1 N–H and O–H groups in total. The standard InChI is InChI=1S/C18H20N2O2/c1-22-17-11-5-2-8-14(17)18(21)19-15-9-3-4-10-16(15)20-12-6-7-13-20/h2-5,8-11H,6-7,12-13H2,1H3,(H,19,21). The molecule has 0 radical (unpaired) electrons. The van der Waals surface area contributed by atoms with Gasteiger partial charge in [-0.05, 0) is 37.1 Å². The zero-order valence-electron chi connectivity index (χ0n) is 12.7. The van der Waals surface area contributed by atoms with Crippen molar-refractivity contribution in [2.45, 2.75) is 12.8 Å². The first-order valence-electron chi connectivity index (χ1n) is 7.58. The Kier molecular flexibility index (Phi) is 4.28. The molecule has 1 saturated heterocycles. The molecule has 114 valence electrons. The van der Waals surface area contributed by atoms with Crippen LogP contribution in [0, 0.1) is 0 Å². The van der Waals surface area contributed by atoms with Gasteiger partial charge in [0.25, 0.3) is 5.91 Å². The van der Waals surface area contributed by atoms with Crippen LogP contribution in [-0.4, -0.2) is 26.1 Å². The third kappa shape index (κ3) is 2.91. The molecule has 0 unspecified atom stereocenters. The van der Waals surface area contributed by atoms with E-state index in [2.05, 4.69) is 16.3 Å². The molecule has 4 heteroatoms. The molecule has 0 spiro atoms. The molecule has 1 aliphatic rings. The van der Waals surface area contributed by atoms with Gasteiger partial charge in [-0.15, -0.1) is 0 Å². The number of carbonyl (C=O) groups is 1. The van der Waals surface area contributed by atoms with Crippen LogP contribution < -0.4 is 15.0 Å². The predicted octanol–water partition coefficient (Wildman–Crippen LogP) is 3.55. The number of benzene rings is 2. The molecule has 0 bridgehead atoms. The molecule has 2 aromatic carbocycles. The fraction of sp³-hybridized carbons (Fsp3) is 0.278. The summed E-state index contributed by atoms with van der Waals surface area (Å²) < 4.78 is 5.26. The monoisotopic (exact) mass is 296 g/mol. The molecule has 2 aromatic rings. The topological polar surface area (TPSA) is 41.6 Å². The van der Waals surface area contributed by atoms with Gasteiger partial charge >= 0.3 is 0 Å². The largest absolute Gasteiger partial charge is 0.496 e.